The van der Waals surface area contributed by atoms with Crippen LogP contribution in [0.4, 0.5) is 17.5 Å². The molecule has 2 aliphatic rings. The molecule has 42 heavy (non-hydrogen) atoms. The number of halogens is 1. The van der Waals surface area contributed by atoms with E-state index in [2.05, 4.69) is 25.4 Å². The highest BCUT2D eigenvalue weighted by atomic mass is 35.5. The molecule has 1 N–H and O–H groups in total. The molecule has 0 bridgehead atoms. The molecule has 0 aromatic carbocycles. The third kappa shape index (κ3) is 4.55. The number of nitrogens with one attached hydrogen (secondary N) is 1. The maximum absolute atomic E-state index is 13.2. The van der Waals surface area contributed by atoms with Crippen LogP contribution >= 0.6 is 11.6 Å². The summed E-state index contributed by atoms with van der Waals surface area (Å²) in [6.07, 6.45) is 12.4. The minimum atomic E-state index is -0.113. The topological polar surface area (TPSA) is 124 Å². The van der Waals surface area contributed by atoms with Crippen LogP contribution in [0.5, 0.6) is 11.5 Å². The van der Waals surface area contributed by atoms with E-state index < -0.39 is 0 Å². The fourth-order valence-corrected chi connectivity index (χ4v) is 5.39. The van der Waals surface area contributed by atoms with Crippen LogP contribution in [0, 0.1) is 5.92 Å². The first-order chi connectivity index (χ1) is 20.2. The van der Waals surface area contributed by atoms with Crippen LogP contribution < -0.4 is 20.5 Å². The van der Waals surface area contributed by atoms with E-state index in [1.807, 2.05) is 26.1 Å². The maximum Gasteiger partial charge on any atom is 0.274 e. The Kier molecular flexibility index (Phi) is 6.19. The van der Waals surface area contributed by atoms with E-state index in [0.717, 1.165) is 31.2 Å². The summed E-state index contributed by atoms with van der Waals surface area (Å²) >= 11 is 6.84. The number of pyridine rings is 2. The summed E-state index contributed by atoms with van der Waals surface area (Å²) in [5.74, 6) is 2.32. The Hall–Kier alpha value is -4.45. The normalized spacial score (nSPS) is 15.1. The van der Waals surface area contributed by atoms with Gasteiger partial charge in [-0.2, -0.15) is 10.1 Å². The fourth-order valence-electron chi connectivity index (χ4n) is 5.09. The van der Waals surface area contributed by atoms with Crippen molar-refractivity contribution in [1.29, 1.82) is 0 Å². The number of carbonyl (C=O) groups is 1. The molecule has 0 aliphatic heterocycles. The van der Waals surface area contributed by atoms with Gasteiger partial charge in [0.15, 0.2) is 23.0 Å². The van der Waals surface area contributed by atoms with E-state index >= 15 is 0 Å². The molecule has 0 radical (unpaired) electrons. The van der Waals surface area contributed by atoms with Crippen LogP contribution in [0.25, 0.3) is 16.7 Å². The second kappa shape index (κ2) is 9.83. The van der Waals surface area contributed by atoms with Crippen molar-refractivity contribution in [2.45, 2.75) is 51.5 Å². The Morgan fingerprint density at radius 1 is 1.12 bits per heavy atom. The predicted octanol–water partition coefficient (Wildman–Crippen LogP) is 5.19. The molecule has 7 rings (SSSR count). The number of fused-ring (bicyclic) bond motifs is 2. The summed E-state index contributed by atoms with van der Waals surface area (Å²) in [6, 6.07) is 1.95. The largest absolute Gasteiger partial charge is 0.450 e. The standard InChI is InChI=1S/C29H30ClN9O3/c1-15(2)38-13-18(16-5-6-16)9-19(28(38)41)34-29-35-26-25(37(29)4)24(30)22(11-32-26)42-21-12-33-39-14-23(31-10-20(21)39)36(3)27(40)17-7-8-17/h9-17H,5-8H2,1-4H3,(H,32,34,35). The van der Waals surface area contributed by atoms with Gasteiger partial charge in [-0.05, 0) is 57.1 Å². The van der Waals surface area contributed by atoms with E-state index in [-0.39, 0.29) is 23.4 Å². The number of anilines is 3. The summed E-state index contributed by atoms with van der Waals surface area (Å²) < 4.78 is 11.3. The molecular weight excluding hydrogens is 558 g/mol. The number of amides is 1. The van der Waals surface area contributed by atoms with Gasteiger partial charge in [-0.1, -0.05) is 11.6 Å². The molecule has 0 saturated heterocycles. The molecule has 0 unspecified atom stereocenters. The SMILES string of the molecule is CC(C)n1cc(C2CC2)cc(Nc2nc3ncc(Oc4cnn5cc(N(C)C(=O)C6CC6)ncc45)c(Cl)c3n2C)c1=O. The lowest BCUT2D eigenvalue weighted by molar-refractivity contribution is -0.119. The number of carbonyl (C=O) groups excluding carboxylic acids is 1. The van der Waals surface area contributed by atoms with Crippen molar-refractivity contribution in [3.63, 3.8) is 0 Å². The Morgan fingerprint density at radius 2 is 1.90 bits per heavy atom. The third-order valence-electron chi connectivity index (χ3n) is 7.90. The average molecular weight is 588 g/mol. The molecule has 2 saturated carbocycles. The highest BCUT2D eigenvalue weighted by Gasteiger charge is 2.33. The van der Waals surface area contributed by atoms with Crippen LogP contribution in [0.1, 0.15) is 57.1 Å². The van der Waals surface area contributed by atoms with Gasteiger partial charge in [-0.25, -0.2) is 14.5 Å². The van der Waals surface area contributed by atoms with Crippen molar-refractivity contribution in [1.82, 2.24) is 33.7 Å². The lowest BCUT2D eigenvalue weighted by Crippen LogP contribution is -2.28. The van der Waals surface area contributed by atoms with Crippen LogP contribution in [-0.2, 0) is 11.8 Å². The Bertz CT molecular complexity index is 1930. The van der Waals surface area contributed by atoms with Crippen LogP contribution in [0.3, 0.4) is 0 Å². The molecule has 12 nitrogen and oxygen atoms in total. The number of nitrogens with zero attached hydrogens (tertiary/aromatic N) is 8. The number of hydrogen-bond acceptors (Lipinski definition) is 8. The lowest BCUT2D eigenvalue weighted by Gasteiger charge is -2.15. The minimum Gasteiger partial charge on any atom is -0.450 e. The molecule has 1 amide bonds. The summed E-state index contributed by atoms with van der Waals surface area (Å²) in [5.41, 5.74) is 3.06. The van der Waals surface area contributed by atoms with Crippen molar-refractivity contribution in [2.75, 3.05) is 17.3 Å². The Balaban J connectivity index is 1.18. The first-order valence-corrected chi connectivity index (χ1v) is 14.4. The van der Waals surface area contributed by atoms with Crippen LogP contribution in [0.15, 0.2) is 41.8 Å². The molecule has 2 fully saturated rings. The van der Waals surface area contributed by atoms with Gasteiger partial charge in [0.2, 0.25) is 11.9 Å². The molecule has 5 heterocycles. The number of aryl methyl sites for hydroxylation is 1. The van der Waals surface area contributed by atoms with E-state index in [0.29, 0.717) is 56.6 Å². The van der Waals surface area contributed by atoms with Gasteiger partial charge in [0.25, 0.3) is 5.56 Å². The van der Waals surface area contributed by atoms with Gasteiger partial charge >= 0.3 is 0 Å². The smallest absolute Gasteiger partial charge is 0.274 e. The van der Waals surface area contributed by atoms with Gasteiger partial charge in [0.05, 0.1) is 24.8 Å². The molecule has 5 aromatic rings. The number of rotatable bonds is 8. The molecule has 0 spiro atoms. The number of imidazole rings is 1. The summed E-state index contributed by atoms with van der Waals surface area (Å²) in [4.78, 5) is 40.8. The zero-order chi connectivity index (χ0) is 29.3. The van der Waals surface area contributed by atoms with Crippen molar-refractivity contribution >= 4 is 51.6 Å². The first-order valence-electron chi connectivity index (χ1n) is 14.0. The van der Waals surface area contributed by atoms with Crippen LogP contribution in [-0.4, -0.2) is 46.7 Å². The van der Waals surface area contributed by atoms with Crippen LogP contribution in [0.2, 0.25) is 5.02 Å². The van der Waals surface area contributed by atoms with Crippen molar-refractivity contribution in [2.24, 2.45) is 13.0 Å². The molecule has 13 heteroatoms. The molecule has 5 aromatic heterocycles. The Labute approximate surface area is 245 Å². The second-order valence-corrected chi connectivity index (χ2v) is 11.7. The van der Waals surface area contributed by atoms with Gasteiger partial charge in [0, 0.05) is 32.3 Å². The molecule has 0 atom stereocenters. The second-order valence-electron chi connectivity index (χ2n) is 11.4. The highest BCUT2D eigenvalue weighted by Crippen LogP contribution is 2.41. The first kappa shape index (κ1) is 26.4. The van der Waals surface area contributed by atoms with E-state index in [9.17, 15) is 9.59 Å². The average Bonchev–Trinajstić information content (AvgIpc) is 3.91. The van der Waals surface area contributed by atoms with Gasteiger partial charge in [0.1, 0.15) is 21.7 Å². The van der Waals surface area contributed by atoms with Gasteiger partial charge in [-0.15, -0.1) is 0 Å². The molecule has 216 valence electrons. The fraction of sp³-hybridized carbons (Fsp3) is 0.379. The highest BCUT2D eigenvalue weighted by molar-refractivity contribution is 6.36. The summed E-state index contributed by atoms with van der Waals surface area (Å²) in [6.45, 7) is 3.99. The number of ether oxygens (including phenoxy) is 1. The third-order valence-corrected chi connectivity index (χ3v) is 8.26. The lowest BCUT2D eigenvalue weighted by atomic mass is 10.1. The van der Waals surface area contributed by atoms with E-state index in [1.165, 1.54) is 6.20 Å². The van der Waals surface area contributed by atoms with Crippen molar-refractivity contribution in [3.05, 3.63) is 58.0 Å². The quantitative estimate of drug-likeness (QED) is 0.263. The Morgan fingerprint density at radius 3 is 2.62 bits per heavy atom. The zero-order valence-corrected chi connectivity index (χ0v) is 24.5. The molecular formula is C29H30ClN9O3. The van der Waals surface area contributed by atoms with Crippen molar-refractivity contribution < 1.29 is 9.53 Å². The minimum absolute atomic E-state index is 0.0286. The van der Waals surface area contributed by atoms with Crippen molar-refractivity contribution in [3.8, 4) is 11.5 Å². The summed E-state index contributed by atoms with van der Waals surface area (Å²) in [7, 11) is 3.53. The number of hydrogen-bond donors (Lipinski definition) is 1. The van der Waals surface area contributed by atoms with Gasteiger partial charge < -0.3 is 19.2 Å². The summed E-state index contributed by atoms with van der Waals surface area (Å²) in [5, 5.41) is 7.92. The zero-order valence-electron chi connectivity index (χ0n) is 23.7. The maximum atomic E-state index is 13.2. The van der Waals surface area contributed by atoms with E-state index in [4.69, 9.17) is 16.3 Å². The predicted molar refractivity (Wildman–Crippen MR) is 159 cm³/mol. The molecule has 2 aliphatic carbocycles. The van der Waals surface area contributed by atoms with Gasteiger partial charge in [-0.3, -0.25) is 14.5 Å². The monoisotopic (exact) mass is 587 g/mol. The van der Waals surface area contributed by atoms with E-state index in [1.54, 1.807) is 51.2 Å². The number of aromatic nitrogens is 7.